The zero-order valence-electron chi connectivity index (χ0n) is 15.9. The van der Waals surface area contributed by atoms with E-state index in [1.807, 2.05) is 0 Å². The summed E-state index contributed by atoms with van der Waals surface area (Å²) in [6.07, 6.45) is 0. The van der Waals surface area contributed by atoms with Crippen molar-refractivity contribution in [3.63, 3.8) is 0 Å². The molecule has 1 aliphatic rings. The number of halogens is 5. The molecule has 0 spiro atoms. The molecule has 1 N–H and O–H groups in total. The largest absolute Gasteiger partial charge is 0.466 e. The molecule has 0 bridgehead atoms. The van der Waals surface area contributed by atoms with Crippen molar-refractivity contribution in [3.05, 3.63) is 51.6 Å². The van der Waals surface area contributed by atoms with Gasteiger partial charge < -0.3 is 19.5 Å². The number of dihydropyridines is 1. The van der Waals surface area contributed by atoms with E-state index in [0.717, 1.165) is 14.2 Å². The van der Waals surface area contributed by atoms with Gasteiger partial charge in [0.15, 0.2) is 0 Å². The second kappa shape index (κ2) is 8.51. The molecule has 2 rings (SSSR count). The van der Waals surface area contributed by atoms with Gasteiger partial charge in [0, 0.05) is 11.4 Å². The van der Waals surface area contributed by atoms with E-state index in [9.17, 15) is 36.3 Å². The second-order valence-corrected chi connectivity index (χ2v) is 5.94. The number of hydrogen-bond acceptors (Lipinski definition) is 7. The van der Waals surface area contributed by atoms with E-state index >= 15 is 0 Å². The highest BCUT2D eigenvalue weighted by Gasteiger charge is 2.43. The van der Waals surface area contributed by atoms with Gasteiger partial charge in [0.2, 0.25) is 34.8 Å². The monoisotopic (exact) mass is 435 g/mol. The van der Waals surface area contributed by atoms with Crippen LogP contribution in [0.3, 0.4) is 0 Å². The molecule has 1 aromatic rings. The minimum atomic E-state index is -2.45. The van der Waals surface area contributed by atoms with Crippen LogP contribution in [-0.4, -0.2) is 32.1 Å². The first kappa shape index (κ1) is 22.8. The smallest absolute Gasteiger partial charge is 0.336 e. The van der Waals surface area contributed by atoms with E-state index in [2.05, 4.69) is 19.5 Å². The molecule has 0 amide bonds. The van der Waals surface area contributed by atoms with Crippen molar-refractivity contribution < 1.29 is 50.5 Å². The van der Waals surface area contributed by atoms with Crippen LogP contribution < -0.4 is 10.1 Å². The molecule has 0 unspecified atom stereocenters. The summed E-state index contributed by atoms with van der Waals surface area (Å²) in [5, 5.41) is 2.64. The molecule has 12 heteroatoms. The fraction of sp³-hybridized carbons (Fsp3) is 0.278. The molecule has 0 saturated heterocycles. The molecule has 30 heavy (non-hydrogen) atoms. The Kier molecular flexibility index (Phi) is 6.48. The van der Waals surface area contributed by atoms with Crippen LogP contribution in [0.2, 0.25) is 0 Å². The molecule has 0 saturated carbocycles. The predicted molar refractivity (Wildman–Crippen MR) is 87.9 cm³/mol. The summed E-state index contributed by atoms with van der Waals surface area (Å²) in [6.45, 7) is 2.64. The minimum Gasteiger partial charge on any atom is -0.466 e. The SMILES string of the molecule is COC(=O)C1=C(C)NC(C)=C(C(=O)OC)C1C(=O)Oc1c(F)c(F)c(F)c(F)c1F. The van der Waals surface area contributed by atoms with Crippen molar-refractivity contribution in [2.24, 2.45) is 5.92 Å². The van der Waals surface area contributed by atoms with E-state index in [0.29, 0.717) is 0 Å². The zero-order valence-corrected chi connectivity index (χ0v) is 15.9. The van der Waals surface area contributed by atoms with Crippen LogP contribution >= 0.6 is 0 Å². The summed E-state index contributed by atoms with van der Waals surface area (Å²) in [6, 6.07) is 0. The third kappa shape index (κ3) is 3.72. The summed E-state index contributed by atoms with van der Waals surface area (Å²) >= 11 is 0. The number of rotatable bonds is 4. The highest BCUT2D eigenvalue weighted by Crippen LogP contribution is 2.35. The average Bonchev–Trinajstić information content (AvgIpc) is 2.72. The lowest BCUT2D eigenvalue weighted by Crippen LogP contribution is -2.39. The Morgan fingerprint density at radius 3 is 1.47 bits per heavy atom. The number of carbonyl (C=O) groups is 3. The lowest BCUT2D eigenvalue weighted by molar-refractivity contribution is -0.145. The van der Waals surface area contributed by atoms with Crippen LogP contribution in [-0.2, 0) is 23.9 Å². The molecule has 0 aromatic heterocycles. The summed E-state index contributed by atoms with van der Waals surface area (Å²) in [4.78, 5) is 37.1. The molecule has 0 radical (unpaired) electrons. The molecule has 1 heterocycles. The molecule has 7 nitrogen and oxygen atoms in total. The van der Waals surface area contributed by atoms with Crippen LogP contribution in [0.15, 0.2) is 22.5 Å². The van der Waals surface area contributed by atoms with E-state index in [1.54, 1.807) is 0 Å². The highest BCUT2D eigenvalue weighted by molar-refractivity contribution is 6.06. The lowest BCUT2D eigenvalue weighted by Gasteiger charge is -2.28. The fourth-order valence-electron chi connectivity index (χ4n) is 2.82. The van der Waals surface area contributed by atoms with Gasteiger partial charge >= 0.3 is 17.9 Å². The maximum Gasteiger partial charge on any atom is 0.336 e. The number of ether oxygens (including phenoxy) is 3. The predicted octanol–water partition coefficient (Wildman–Crippen LogP) is 2.40. The fourth-order valence-corrected chi connectivity index (χ4v) is 2.82. The normalized spacial score (nSPS) is 14.4. The summed E-state index contributed by atoms with van der Waals surface area (Å²) in [5.41, 5.74) is -0.938. The van der Waals surface area contributed by atoms with Crippen molar-refractivity contribution in [1.82, 2.24) is 5.32 Å². The Bertz CT molecular complexity index is 950. The van der Waals surface area contributed by atoms with Crippen LogP contribution in [0, 0.1) is 35.0 Å². The number of methoxy groups -OCH3 is 2. The van der Waals surface area contributed by atoms with E-state index in [1.165, 1.54) is 13.8 Å². The number of allylic oxidation sites excluding steroid dienone is 2. The number of esters is 3. The first-order valence-electron chi connectivity index (χ1n) is 8.06. The first-order valence-corrected chi connectivity index (χ1v) is 8.06. The Morgan fingerprint density at radius 1 is 0.733 bits per heavy atom. The van der Waals surface area contributed by atoms with Crippen LogP contribution in [0.25, 0.3) is 0 Å². The van der Waals surface area contributed by atoms with Gasteiger partial charge in [-0.05, 0) is 13.8 Å². The third-order valence-electron chi connectivity index (χ3n) is 4.18. The molecule has 162 valence electrons. The van der Waals surface area contributed by atoms with Crippen molar-refractivity contribution in [2.45, 2.75) is 13.8 Å². The van der Waals surface area contributed by atoms with Crippen molar-refractivity contribution in [3.8, 4) is 5.75 Å². The second-order valence-electron chi connectivity index (χ2n) is 5.94. The average molecular weight is 435 g/mol. The quantitative estimate of drug-likeness (QED) is 0.255. The molecular formula is C18H14F5NO6. The molecule has 0 fully saturated rings. The maximum absolute atomic E-state index is 13.9. The Balaban J connectivity index is 2.65. The standard InChI is InChI=1S/C18H14F5NO6/c1-5-7(16(25)28-3)9(8(6(2)24-5)17(26)29-4)18(27)30-15-13(22)11(20)10(19)12(21)14(15)23/h9,24H,1-4H3. The molecule has 0 aliphatic carbocycles. The van der Waals surface area contributed by atoms with Gasteiger partial charge in [0.1, 0.15) is 5.92 Å². The maximum atomic E-state index is 13.9. The summed E-state index contributed by atoms with van der Waals surface area (Å²) < 4.78 is 81.4. The van der Waals surface area contributed by atoms with Gasteiger partial charge in [-0.15, -0.1) is 0 Å². The minimum absolute atomic E-state index is 0.0198. The van der Waals surface area contributed by atoms with Crippen LogP contribution in [0.1, 0.15) is 13.8 Å². The molecule has 0 atom stereocenters. The third-order valence-corrected chi connectivity index (χ3v) is 4.18. The number of hydrogen-bond donors (Lipinski definition) is 1. The number of nitrogens with one attached hydrogen (secondary N) is 1. The topological polar surface area (TPSA) is 90.9 Å². The molecular weight excluding hydrogens is 421 g/mol. The van der Waals surface area contributed by atoms with Crippen LogP contribution in [0.4, 0.5) is 22.0 Å². The van der Waals surface area contributed by atoms with E-state index < -0.39 is 69.8 Å². The van der Waals surface area contributed by atoms with E-state index in [-0.39, 0.29) is 11.4 Å². The number of carbonyl (C=O) groups excluding carboxylic acids is 3. The zero-order chi connectivity index (χ0) is 22.9. The van der Waals surface area contributed by atoms with Gasteiger partial charge in [0.25, 0.3) is 0 Å². The van der Waals surface area contributed by atoms with Gasteiger partial charge in [-0.1, -0.05) is 0 Å². The highest BCUT2D eigenvalue weighted by atomic mass is 19.2. The van der Waals surface area contributed by atoms with Gasteiger partial charge in [-0.3, -0.25) is 4.79 Å². The lowest BCUT2D eigenvalue weighted by atomic mass is 9.85. The summed E-state index contributed by atoms with van der Waals surface area (Å²) in [5.74, 6) is -19.7. The van der Waals surface area contributed by atoms with Gasteiger partial charge in [-0.25, -0.2) is 22.8 Å². The van der Waals surface area contributed by atoms with E-state index in [4.69, 9.17) is 0 Å². The Labute approximate surface area is 166 Å². The summed E-state index contributed by atoms with van der Waals surface area (Å²) in [7, 11) is 1.91. The van der Waals surface area contributed by atoms with Crippen molar-refractivity contribution in [1.29, 1.82) is 0 Å². The van der Waals surface area contributed by atoms with Crippen molar-refractivity contribution in [2.75, 3.05) is 14.2 Å². The van der Waals surface area contributed by atoms with Crippen molar-refractivity contribution >= 4 is 17.9 Å². The molecule has 1 aliphatic heterocycles. The number of benzene rings is 1. The molecule has 1 aromatic carbocycles. The Morgan fingerprint density at radius 2 is 1.10 bits per heavy atom. The van der Waals surface area contributed by atoms with Gasteiger partial charge in [0.05, 0.1) is 25.4 Å². The Hall–Kier alpha value is -3.44. The van der Waals surface area contributed by atoms with Gasteiger partial charge in [-0.2, -0.15) is 8.78 Å². The first-order chi connectivity index (χ1) is 14.0. The van der Waals surface area contributed by atoms with Crippen LogP contribution in [0.5, 0.6) is 5.75 Å².